The maximum atomic E-state index is 13.2. The molecule has 28 heavy (non-hydrogen) atoms. The van der Waals surface area contributed by atoms with E-state index in [1.54, 1.807) is 37.1 Å². The van der Waals surface area contributed by atoms with Gasteiger partial charge in [-0.1, -0.05) is 0 Å². The summed E-state index contributed by atoms with van der Waals surface area (Å²) in [7, 11) is 0. The number of H-pyrrole nitrogens is 1. The van der Waals surface area contributed by atoms with E-state index < -0.39 is 6.43 Å². The third-order valence-electron chi connectivity index (χ3n) is 4.44. The average molecular weight is 377 g/mol. The number of alkyl halides is 2. The van der Waals surface area contributed by atoms with Gasteiger partial charge in [-0.05, 0) is 24.3 Å². The number of halogens is 2. The zero-order valence-corrected chi connectivity index (χ0v) is 14.3. The van der Waals surface area contributed by atoms with Crippen molar-refractivity contribution in [3.05, 3.63) is 67.1 Å². The lowest BCUT2D eigenvalue weighted by Crippen LogP contribution is -1.97. The Hall–Kier alpha value is -3.88. The summed E-state index contributed by atoms with van der Waals surface area (Å²) in [5.41, 5.74) is 3.38. The highest BCUT2D eigenvalue weighted by atomic mass is 19.3. The van der Waals surface area contributed by atoms with E-state index in [4.69, 9.17) is 0 Å². The number of hydrogen-bond acceptors (Lipinski definition) is 5. The zero-order valence-electron chi connectivity index (χ0n) is 14.3. The van der Waals surface area contributed by atoms with Crippen molar-refractivity contribution in [3.8, 4) is 11.1 Å². The van der Waals surface area contributed by atoms with Crippen molar-refractivity contribution >= 4 is 28.3 Å². The van der Waals surface area contributed by atoms with Crippen LogP contribution in [0.2, 0.25) is 0 Å². The Morgan fingerprint density at radius 1 is 1.04 bits per heavy atom. The van der Waals surface area contributed by atoms with Crippen molar-refractivity contribution in [2.45, 2.75) is 6.43 Å². The van der Waals surface area contributed by atoms with Gasteiger partial charge in [0, 0.05) is 53.2 Å². The van der Waals surface area contributed by atoms with Crippen LogP contribution in [0.15, 0.2) is 61.4 Å². The van der Waals surface area contributed by atoms with Crippen LogP contribution in [-0.2, 0) is 0 Å². The monoisotopic (exact) mass is 377 g/mol. The number of aromatic nitrogens is 6. The van der Waals surface area contributed by atoms with Crippen LogP contribution in [0.4, 0.5) is 20.4 Å². The molecule has 0 saturated carbocycles. The molecular weight excluding hydrogens is 364 g/mol. The molecule has 7 nitrogen and oxygen atoms in total. The molecule has 0 spiro atoms. The second-order valence-electron chi connectivity index (χ2n) is 6.15. The third-order valence-corrected chi connectivity index (χ3v) is 4.44. The summed E-state index contributed by atoms with van der Waals surface area (Å²) in [6.07, 6.45) is 7.08. The summed E-state index contributed by atoms with van der Waals surface area (Å²) >= 11 is 0. The van der Waals surface area contributed by atoms with Crippen LogP contribution in [-0.4, -0.2) is 29.3 Å². The fraction of sp³-hybridized carbons (Fsp3) is 0.0526. The molecule has 5 aromatic heterocycles. The first-order valence-corrected chi connectivity index (χ1v) is 8.46. The molecule has 0 aliphatic carbocycles. The standard InChI is InChI=1S/C19H13F2N7/c20-17(21)15-9-23-16-2-1-11(10-28(15)16)13-7-24-18-14(13)8-25-19(27-18)26-12-3-5-22-6-4-12/h1-10,17H,(H2,22,24,25,26,27). The number of pyridine rings is 2. The van der Waals surface area contributed by atoms with Gasteiger partial charge in [-0.25, -0.2) is 18.7 Å². The summed E-state index contributed by atoms with van der Waals surface area (Å²) in [6, 6.07) is 7.17. The van der Waals surface area contributed by atoms with Gasteiger partial charge in [0.15, 0.2) is 0 Å². The van der Waals surface area contributed by atoms with Crippen LogP contribution in [0.5, 0.6) is 0 Å². The number of imidazole rings is 1. The van der Waals surface area contributed by atoms with Crippen LogP contribution >= 0.6 is 0 Å². The fourth-order valence-electron chi connectivity index (χ4n) is 3.09. The Morgan fingerprint density at radius 3 is 2.71 bits per heavy atom. The van der Waals surface area contributed by atoms with Gasteiger partial charge in [0.05, 0.1) is 6.20 Å². The maximum absolute atomic E-state index is 13.2. The molecule has 0 fully saturated rings. The third kappa shape index (κ3) is 2.73. The van der Waals surface area contributed by atoms with Crippen LogP contribution in [0, 0.1) is 0 Å². The smallest absolute Gasteiger partial charge is 0.280 e. The van der Waals surface area contributed by atoms with Crippen molar-refractivity contribution < 1.29 is 8.78 Å². The number of fused-ring (bicyclic) bond motifs is 2. The second-order valence-corrected chi connectivity index (χ2v) is 6.15. The van der Waals surface area contributed by atoms with E-state index >= 15 is 0 Å². The van der Waals surface area contributed by atoms with Gasteiger partial charge in [0.2, 0.25) is 5.95 Å². The molecule has 0 atom stereocenters. The lowest BCUT2D eigenvalue weighted by atomic mass is 10.1. The molecule has 5 heterocycles. The molecule has 0 bridgehead atoms. The highest BCUT2D eigenvalue weighted by molar-refractivity contribution is 5.93. The summed E-state index contributed by atoms with van der Waals surface area (Å²) in [5, 5.41) is 3.90. The zero-order chi connectivity index (χ0) is 19.1. The first-order chi connectivity index (χ1) is 13.7. The van der Waals surface area contributed by atoms with E-state index in [2.05, 4.69) is 30.2 Å². The van der Waals surface area contributed by atoms with Gasteiger partial charge in [0.1, 0.15) is 17.0 Å². The molecular formula is C19H13F2N7. The number of rotatable bonds is 4. The van der Waals surface area contributed by atoms with Gasteiger partial charge < -0.3 is 10.3 Å². The van der Waals surface area contributed by atoms with Crippen molar-refractivity contribution in [1.82, 2.24) is 29.3 Å². The summed E-state index contributed by atoms with van der Waals surface area (Å²) in [5.74, 6) is 0.442. The van der Waals surface area contributed by atoms with Crippen LogP contribution in [0.25, 0.3) is 27.8 Å². The van der Waals surface area contributed by atoms with Crippen molar-refractivity contribution in [3.63, 3.8) is 0 Å². The number of nitrogens with one attached hydrogen (secondary N) is 2. The molecule has 9 heteroatoms. The fourth-order valence-corrected chi connectivity index (χ4v) is 3.09. The molecule has 0 radical (unpaired) electrons. The number of nitrogens with zero attached hydrogens (tertiary/aromatic N) is 5. The Morgan fingerprint density at radius 2 is 1.89 bits per heavy atom. The van der Waals surface area contributed by atoms with E-state index in [1.165, 1.54) is 10.6 Å². The molecule has 0 aliphatic rings. The lowest BCUT2D eigenvalue weighted by Gasteiger charge is -2.05. The Balaban J connectivity index is 1.54. The SMILES string of the molecule is FC(F)c1cnc2ccc(-c3c[nH]c4nc(Nc5ccncc5)ncc34)cn12. The predicted octanol–water partition coefficient (Wildman–Crippen LogP) is 4.35. The van der Waals surface area contributed by atoms with Gasteiger partial charge in [0.25, 0.3) is 6.43 Å². The maximum Gasteiger partial charge on any atom is 0.280 e. The van der Waals surface area contributed by atoms with E-state index in [0.717, 1.165) is 22.2 Å². The van der Waals surface area contributed by atoms with E-state index in [1.807, 2.05) is 18.2 Å². The van der Waals surface area contributed by atoms with Gasteiger partial charge in [-0.2, -0.15) is 4.98 Å². The Labute approximate surface area is 157 Å². The molecule has 5 rings (SSSR count). The van der Waals surface area contributed by atoms with Crippen LogP contribution in [0.1, 0.15) is 12.1 Å². The largest absolute Gasteiger partial charge is 0.345 e. The second kappa shape index (κ2) is 6.38. The Kier molecular flexibility index (Phi) is 3.71. The van der Waals surface area contributed by atoms with Gasteiger partial charge in [-0.15, -0.1) is 0 Å². The average Bonchev–Trinajstić information content (AvgIpc) is 3.32. The topological polar surface area (TPSA) is 83.8 Å². The molecule has 2 N–H and O–H groups in total. The highest BCUT2D eigenvalue weighted by Crippen LogP contribution is 2.30. The predicted molar refractivity (Wildman–Crippen MR) is 101 cm³/mol. The van der Waals surface area contributed by atoms with Crippen molar-refractivity contribution in [1.29, 1.82) is 0 Å². The molecule has 0 aromatic carbocycles. The number of anilines is 2. The summed E-state index contributed by atoms with van der Waals surface area (Å²) in [4.78, 5) is 19.9. The van der Waals surface area contributed by atoms with Gasteiger partial charge in [-0.3, -0.25) is 9.38 Å². The molecule has 0 aliphatic heterocycles. The van der Waals surface area contributed by atoms with Gasteiger partial charge >= 0.3 is 0 Å². The highest BCUT2D eigenvalue weighted by Gasteiger charge is 2.15. The van der Waals surface area contributed by atoms with E-state index in [9.17, 15) is 8.78 Å². The lowest BCUT2D eigenvalue weighted by molar-refractivity contribution is 0.145. The normalized spacial score (nSPS) is 11.5. The van der Waals surface area contributed by atoms with Crippen molar-refractivity contribution in [2.75, 3.05) is 5.32 Å². The number of hydrogen-bond donors (Lipinski definition) is 2. The summed E-state index contributed by atoms with van der Waals surface area (Å²) < 4.78 is 27.8. The van der Waals surface area contributed by atoms with Crippen LogP contribution < -0.4 is 5.32 Å². The van der Waals surface area contributed by atoms with Crippen molar-refractivity contribution in [2.24, 2.45) is 0 Å². The Bertz CT molecular complexity index is 1280. The first-order valence-electron chi connectivity index (χ1n) is 8.46. The first kappa shape index (κ1) is 16.3. The molecule has 0 saturated heterocycles. The number of aromatic amines is 1. The quantitative estimate of drug-likeness (QED) is 0.486. The molecule has 138 valence electrons. The molecule has 0 unspecified atom stereocenters. The molecule has 5 aromatic rings. The minimum atomic E-state index is -2.60. The summed E-state index contributed by atoms with van der Waals surface area (Å²) in [6.45, 7) is 0. The minimum Gasteiger partial charge on any atom is -0.345 e. The minimum absolute atomic E-state index is 0.142. The van der Waals surface area contributed by atoms with E-state index in [0.29, 0.717) is 17.2 Å². The van der Waals surface area contributed by atoms with Crippen LogP contribution in [0.3, 0.4) is 0 Å². The van der Waals surface area contributed by atoms with E-state index in [-0.39, 0.29) is 5.69 Å². The molecule has 0 amide bonds.